The summed E-state index contributed by atoms with van der Waals surface area (Å²) >= 11 is 12.8. The fourth-order valence-electron chi connectivity index (χ4n) is 3.20. The fraction of sp³-hybridized carbons (Fsp3) is 0.211. The van der Waals surface area contributed by atoms with E-state index in [1.54, 1.807) is 0 Å². The van der Waals surface area contributed by atoms with Crippen LogP contribution in [0.25, 0.3) is 0 Å². The zero-order valence-corrected chi connectivity index (χ0v) is 14.7. The number of nitrogens with one attached hydrogen (secondary N) is 2. The number of carbonyl (C=O) groups excluding carboxylic acids is 1. The molecule has 0 saturated heterocycles. The van der Waals surface area contributed by atoms with Crippen LogP contribution in [0.2, 0.25) is 10.0 Å². The van der Waals surface area contributed by atoms with Gasteiger partial charge in [-0.3, -0.25) is 4.79 Å². The third kappa shape index (κ3) is 3.28. The molecule has 3 nitrogen and oxygen atoms in total. The highest BCUT2D eigenvalue weighted by Gasteiger charge is 2.38. The first kappa shape index (κ1) is 16.9. The second kappa shape index (κ2) is 6.88. The van der Waals surface area contributed by atoms with E-state index in [0.29, 0.717) is 16.5 Å². The lowest BCUT2D eigenvalue weighted by Gasteiger charge is -2.41. The lowest BCUT2D eigenvalue weighted by atomic mass is 9.82. The van der Waals surface area contributed by atoms with E-state index in [0.717, 1.165) is 11.1 Å². The van der Waals surface area contributed by atoms with Gasteiger partial charge in [-0.1, -0.05) is 65.7 Å². The Labute approximate surface area is 151 Å². The van der Waals surface area contributed by atoms with Gasteiger partial charge in [-0.25, -0.2) is 0 Å². The van der Waals surface area contributed by atoms with Gasteiger partial charge in [-0.15, -0.1) is 0 Å². The molecule has 2 aromatic carbocycles. The first-order chi connectivity index (χ1) is 11.5. The number of benzene rings is 2. The van der Waals surface area contributed by atoms with Crippen molar-refractivity contribution in [2.75, 3.05) is 0 Å². The van der Waals surface area contributed by atoms with Gasteiger partial charge in [0, 0.05) is 34.9 Å². The molecule has 5 heteroatoms. The lowest BCUT2D eigenvalue weighted by Crippen LogP contribution is -2.56. The first-order valence-corrected chi connectivity index (χ1v) is 8.50. The van der Waals surface area contributed by atoms with Crippen molar-refractivity contribution in [2.24, 2.45) is 0 Å². The van der Waals surface area contributed by atoms with Crippen molar-refractivity contribution < 1.29 is 4.79 Å². The molecule has 24 heavy (non-hydrogen) atoms. The van der Waals surface area contributed by atoms with Crippen molar-refractivity contribution in [3.63, 3.8) is 0 Å². The van der Waals surface area contributed by atoms with Gasteiger partial charge in [-0.05, 0) is 23.9 Å². The molecular weight excluding hydrogens is 343 g/mol. The Balaban J connectivity index is 2.05. The summed E-state index contributed by atoms with van der Waals surface area (Å²) in [4.78, 5) is 11.9. The molecule has 2 atom stereocenters. The van der Waals surface area contributed by atoms with Crippen LogP contribution in [0.1, 0.15) is 30.4 Å². The number of rotatable bonds is 3. The number of amides is 1. The number of hydrogen-bond donors (Lipinski definition) is 2. The van der Waals surface area contributed by atoms with E-state index in [4.69, 9.17) is 23.2 Å². The molecule has 0 saturated carbocycles. The first-order valence-electron chi connectivity index (χ1n) is 7.74. The Bertz CT molecular complexity index is 790. The summed E-state index contributed by atoms with van der Waals surface area (Å²) in [5.41, 5.74) is 1.09. The minimum absolute atomic E-state index is 0.0584. The SMILES string of the molecule is CC(=O)NC1(c2ccccc2Cl)CC(c2ccccc2Cl)C=CN1. The Morgan fingerprint density at radius 3 is 2.46 bits per heavy atom. The largest absolute Gasteiger partial charge is 0.365 e. The molecule has 1 aliphatic rings. The third-order valence-electron chi connectivity index (χ3n) is 4.21. The van der Waals surface area contributed by atoms with Gasteiger partial charge in [0.05, 0.1) is 0 Å². The molecular formula is C19H18Cl2N2O. The Hall–Kier alpha value is -1.97. The zero-order valence-electron chi connectivity index (χ0n) is 13.2. The number of hydrogen-bond acceptors (Lipinski definition) is 2. The van der Waals surface area contributed by atoms with Crippen LogP contribution in [0.3, 0.4) is 0 Å². The van der Waals surface area contributed by atoms with E-state index in [2.05, 4.69) is 16.7 Å². The lowest BCUT2D eigenvalue weighted by molar-refractivity contribution is -0.121. The smallest absolute Gasteiger partial charge is 0.218 e. The molecule has 1 aliphatic heterocycles. The maximum absolute atomic E-state index is 11.9. The molecule has 2 aromatic rings. The molecule has 2 N–H and O–H groups in total. The van der Waals surface area contributed by atoms with Crippen LogP contribution in [-0.2, 0) is 10.5 Å². The van der Waals surface area contributed by atoms with Gasteiger partial charge < -0.3 is 10.6 Å². The second-order valence-corrected chi connectivity index (χ2v) is 6.72. The summed E-state index contributed by atoms with van der Waals surface area (Å²) in [5, 5.41) is 7.66. The highest BCUT2D eigenvalue weighted by atomic mass is 35.5. The van der Waals surface area contributed by atoms with E-state index in [-0.39, 0.29) is 11.8 Å². The van der Waals surface area contributed by atoms with Crippen molar-refractivity contribution >= 4 is 29.1 Å². The highest BCUT2D eigenvalue weighted by molar-refractivity contribution is 6.31. The third-order valence-corrected chi connectivity index (χ3v) is 4.89. The predicted octanol–water partition coefficient (Wildman–Crippen LogP) is 4.57. The summed E-state index contributed by atoms with van der Waals surface area (Å²) < 4.78 is 0. The van der Waals surface area contributed by atoms with Crippen LogP contribution < -0.4 is 10.6 Å². The molecule has 0 aliphatic carbocycles. The average molecular weight is 361 g/mol. The Morgan fingerprint density at radius 1 is 1.12 bits per heavy atom. The standard InChI is InChI=1S/C19H18Cl2N2O/c1-13(24)23-19(16-7-3-5-9-18(16)21)12-14(10-11-22-19)15-6-2-4-8-17(15)20/h2-11,14,22H,12H2,1H3,(H,23,24). The van der Waals surface area contributed by atoms with Crippen molar-refractivity contribution in [2.45, 2.75) is 24.9 Å². The summed E-state index contributed by atoms with van der Waals surface area (Å²) in [6.45, 7) is 1.50. The normalized spacial score (nSPS) is 22.7. The maximum atomic E-state index is 11.9. The molecule has 3 rings (SSSR count). The van der Waals surface area contributed by atoms with Gasteiger partial charge in [0.25, 0.3) is 0 Å². The minimum Gasteiger partial charge on any atom is -0.365 e. The highest BCUT2D eigenvalue weighted by Crippen LogP contribution is 2.39. The molecule has 0 aromatic heterocycles. The number of carbonyl (C=O) groups is 1. The van der Waals surface area contributed by atoms with E-state index >= 15 is 0 Å². The molecule has 2 unspecified atom stereocenters. The Kier molecular flexibility index (Phi) is 4.83. The Morgan fingerprint density at radius 2 is 1.79 bits per heavy atom. The van der Waals surface area contributed by atoms with Crippen LogP contribution in [0.4, 0.5) is 0 Å². The zero-order chi connectivity index (χ0) is 17.2. The summed E-state index contributed by atoms with van der Waals surface area (Å²) in [6.07, 6.45) is 4.52. The van der Waals surface area contributed by atoms with E-state index < -0.39 is 5.66 Å². The van der Waals surface area contributed by atoms with Crippen LogP contribution >= 0.6 is 23.2 Å². The van der Waals surface area contributed by atoms with Gasteiger partial charge in [-0.2, -0.15) is 0 Å². The van der Waals surface area contributed by atoms with Gasteiger partial charge in [0.1, 0.15) is 5.66 Å². The van der Waals surface area contributed by atoms with Crippen molar-refractivity contribution in [1.29, 1.82) is 0 Å². The van der Waals surface area contributed by atoms with E-state index in [1.807, 2.05) is 54.7 Å². The van der Waals surface area contributed by atoms with Crippen LogP contribution in [-0.4, -0.2) is 5.91 Å². The van der Waals surface area contributed by atoms with Crippen LogP contribution in [0, 0.1) is 0 Å². The molecule has 0 bridgehead atoms. The number of halogens is 2. The van der Waals surface area contributed by atoms with Crippen LogP contribution in [0.5, 0.6) is 0 Å². The fourth-order valence-corrected chi connectivity index (χ4v) is 3.78. The molecule has 1 heterocycles. The summed E-state index contributed by atoms with van der Waals surface area (Å²) in [6, 6.07) is 15.3. The monoisotopic (exact) mass is 360 g/mol. The van der Waals surface area contributed by atoms with Crippen molar-refractivity contribution in [1.82, 2.24) is 10.6 Å². The topological polar surface area (TPSA) is 41.1 Å². The number of allylic oxidation sites excluding steroid dienone is 1. The van der Waals surface area contributed by atoms with Gasteiger partial charge >= 0.3 is 0 Å². The minimum atomic E-state index is -0.775. The molecule has 1 amide bonds. The van der Waals surface area contributed by atoms with Crippen molar-refractivity contribution in [3.8, 4) is 0 Å². The summed E-state index contributed by atoms with van der Waals surface area (Å²) in [7, 11) is 0. The average Bonchev–Trinajstić information content (AvgIpc) is 2.55. The quantitative estimate of drug-likeness (QED) is 0.841. The molecule has 0 spiro atoms. The second-order valence-electron chi connectivity index (χ2n) is 5.90. The van der Waals surface area contributed by atoms with Crippen molar-refractivity contribution in [3.05, 3.63) is 82.0 Å². The summed E-state index contributed by atoms with van der Waals surface area (Å²) in [5.74, 6) is -0.0706. The molecule has 124 valence electrons. The molecule has 0 radical (unpaired) electrons. The van der Waals surface area contributed by atoms with Crippen LogP contribution in [0.15, 0.2) is 60.8 Å². The van der Waals surface area contributed by atoms with E-state index in [9.17, 15) is 4.79 Å². The van der Waals surface area contributed by atoms with Gasteiger partial charge in [0.2, 0.25) is 5.91 Å². The van der Waals surface area contributed by atoms with Gasteiger partial charge in [0.15, 0.2) is 0 Å². The predicted molar refractivity (Wildman–Crippen MR) is 98.0 cm³/mol. The molecule has 0 fully saturated rings. The maximum Gasteiger partial charge on any atom is 0.218 e. The van der Waals surface area contributed by atoms with E-state index in [1.165, 1.54) is 6.92 Å².